The smallest absolute Gasteiger partial charge is 0.315 e. The molecule has 2 nitrogen and oxygen atoms in total. The average molecular weight is 299 g/mol. The molecule has 0 aliphatic carbocycles. The van der Waals surface area contributed by atoms with E-state index in [0.717, 1.165) is 12.1 Å². The number of hydrogen-bond acceptors (Lipinski definition) is 1. The molecule has 1 heterocycles. The van der Waals surface area contributed by atoms with E-state index in [9.17, 15) is 22.0 Å². The molecule has 2 rings (SSSR count). The van der Waals surface area contributed by atoms with Crippen molar-refractivity contribution in [1.29, 1.82) is 0 Å². The normalized spacial score (nSPS) is 14.1. The van der Waals surface area contributed by atoms with Gasteiger partial charge in [-0.1, -0.05) is 0 Å². The lowest BCUT2D eigenvalue weighted by atomic mass is 10.3. The first-order valence-corrected chi connectivity index (χ1v) is 5.69. The van der Waals surface area contributed by atoms with E-state index in [2.05, 4.69) is 4.98 Å². The van der Waals surface area contributed by atoms with Crippen molar-refractivity contribution in [1.82, 2.24) is 9.55 Å². The number of imidazole rings is 1. The monoisotopic (exact) mass is 298 g/mol. The number of benzene rings is 1. The maximum atomic E-state index is 13.7. The van der Waals surface area contributed by atoms with E-state index in [0.29, 0.717) is 4.57 Å². The number of fused-ring (bicyclic) bond motifs is 1. The maximum absolute atomic E-state index is 13.7. The molecule has 1 aromatic heterocycles. The van der Waals surface area contributed by atoms with Gasteiger partial charge in [-0.15, -0.1) is 11.6 Å². The summed E-state index contributed by atoms with van der Waals surface area (Å²) in [5.74, 6) is -2.75. The highest BCUT2D eigenvalue weighted by atomic mass is 35.5. The van der Waals surface area contributed by atoms with Gasteiger partial charge in [-0.3, -0.25) is 0 Å². The fourth-order valence-electron chi connectivity index (χ4n) is 1.82. The van der Waals surface area contributed by atoms with E-state index in [1.165, 1.54) is 6.92 Å². The molecular weight excluding hydrogens is 291 g/mol. The molecule has 1 aromatic carbocycles. The Morgan fingerprint density at radius 3 is 2.47 bits per heavy atom. The number of nitrogens with zero attached hydrogens (tertiary/aromatic N) is 2. The molecule has 0 aliphatic rings. The van der Waals surface area contributed by atoms with Crippen LogP contribution in [0.5, 0.6) is 0 Å². The van der Waals surface area contributed by atoms with E-state index in [-0.39, 0.29) is 11.3 Å². The van der Waals surface area contributed by atoms with Crippen LogP contribution in [0.1, 0.15) is 18.1 Å². The fraction of sp³-hybridized carbons (Fsp3) is 0.364. The second-order valence-corrected chi connectivity index (χ2v) is 4.67. The molecule has 8 heteroatoms. The molecule has 19 heavy (non-hydrogen) atoms. The first-order valence-electron chi connectivity index (χ1n) is 5.25. The highest BCUT2D eigenvalue weighted by Crippen LogP contribution is 2.30. The predicted molar refractivity (Wildman–Crippen MR) is 60.0 cm³/mol. The zero-order valence-corrected chi connectivity index (χ0v) is 10.4. The Morgan fingerprint density at radius 1 is 1.32 bits per heavy atom. The Balaban J connectivity index is 2.75. The van der Waals surface area contributed by atoms with Gasteiger partial charge in [0.1, 0.15) is 17.9 Å². The third-order valence-corrected chi connectivity index (χ3v) is 2.72. The quantitative estimate of drug-likeness (QED) is 0.601. The van der Waals surface area contributed by atoms with Crippen molar-refractivity contribution in [3.05, 3.63) is 29.6 Å². The summed E-state index contributed by atoms with van der Waals surface area (Å²) in [7, 11) is 0. The third kappa shape index (κ3) is 2.65. The molecule has 0 spiro atoms. The summed E-state index contributed by atoms with van der Waals surface area (Å²) in [6, 6.07) is 1.93. The van der Waals surface area contributed by atoms with Crippen LogP contribution in [0.15, 0.2) is 12.1 Å². The van der Waals surface area contributed by atoms with Crippen molar-refractivity contribution in [2.24, 2.45) is 0 Å². The van der Waals surface area contributed by atoms with Gasteiger partial charge in [0.05, 0.1) is 10.9 Å². The van der Waals surface area contributed by atoms with Crippen LogP contribution in [0.25, 0.3) is 11.0 Å². The first-order chi connectivity index (χ1) is 8.70. The van der Waals surface area contributed by atoms with Crippen molar-refractivity contribution in [2.45, 2.75) is 25.0 Å². The van der Waals surface area contributed by atoms with Crippen LogP contribution in [0.2, 0.25) is 0 Å². The average Bonchev–Trinajstić information content (AvgIpc) is 2.61. The molecule has 0 bridgehead atoms. The van der Waals surface area contributed by atoms with Gasteiger partial charge in [0.15, 0.2) is 11.6 Å². The Hall–Kier alpha value is -1.37. The Bertz CT molecular complexity index is 618. The topological polar surface area (TPSA) is 17.8 Å². The maximum Gasteiger partial charge on any atom is 0.406 e. The van der Waals surface area contributed by atoms with Gasteiger partial charge in [0.2, 0.25) is 0 Å². The third-order valence-electron chi connectivity index (χ3n) is 2.52. The molecule has 1 unspecified atom stereocenters. The van der Waals surface area contributed by atoms with E-state index in [4.69, 9.17) is 11.6 Å². The lowest BCUT2D eigenvalue weighted by Crippen LogP contribution is -2.20. The van der Waals surface area contributed by atoms with Crippen LogP contribution in [-0.2, 0) is 6.54 Å². The summed E-state index contributed by atoms with van der Waals surface area (Å²) < 4.78 is 64.9. The molecular formula is C11H8ClF5N2. The van der Waals surface area contributed by atoms with Crippen molar-refractivity contribution < 1.29 is 22.0 Å². The number of halogens is 6. The molecule has 2 aromatic rings. The largest absolute Gasteiger partial charge is 0.406 e. The first kappa shape index (κ1) is 14.0. The van der Waals surface area contributed by atoms with Crippen LogP contribution >= 0.6 is 11.6 Å². The highest BCUT2D eigenvalue weighted by Gasteiger charge is 2.32. The fourth-order valence-corrected chi connectivity index (χ4v) is 1.98. The highest BCUT2D eigenvalue weighted by molar-refractivity contribution is 6.20. The molecule has 0 saturated carbocycles. The molecule has 0 saturated heterocycles. The number of hydrogen-bond donors (Lipinski definition) is 0. The lowest BCUT2D eigenvalue weighted by Gasteiger charge is -2.13. The van der Waals surface area contributed by atoms with E-state index in [1.54, 1.807) is 0 Å². The van der Waals surface area contributed by atoms with E-state index in [1.807, 2.05) is 0 Å². The molecule has 0 fully saturated rings. The minimum atomic E-state index is -4.59. The van der Waals surface area contributed by atoms with Crippen molar-refractivity contribution in [2.75, 3.05) is 0 Å². The number of rotatable bonds is 2. The summed E-state index contributed by atoms with van der Waals surface area (Å²) in [6.07, 6.45) is -4.59. The summed E-state index contributed by atoms with van der Waals surface area (Å²) >= 11 is 5.73. The summed E-state index contributed by atoms with van der Waals surface area (Å²) in [5.41, 5.74) is -0.592. The van der Waals surface area contributed by atoms with Crippen LogP contribution in [0, 0.1) is 11.6 Å². The van der Waals surface area contributed by atoms with Gasteiger partial charge in [0, 0.05) is 0 Å². The van der Waals surface area contributed by atoms with Gasteiger partial charge in [-0.05, 0) is 19.1 Å². The SMILES string of the molecule is CC(Cl)c1nc2ccc(F)c(F)c2n1CC(F)(F)F. The minimum absolute atomic E-state index is 0.0642. The molecule has 0 aliphatic heterocycles. The second-order valence-electron chi connectivity index (χ2n) is 4.02. The summed E-state index contributed by atoms with van der Waals surface area (Å²) in [6.45, 7) is -0.0693. The van der Waals surface area contributed by atoms with Crippen LogP contribution in [0.3, 0.4) is 0 Å². The zero-order chi connectivity index (χ0) is 14.4. The standard InChI is InChI=1S/C11H8ClF5N2/c1-5(12)10-18-7-3-2-6(13)8(14)9(7)19(10)4-11(15,16)17/h2-3,5H,4H2,1H3. The summed E-state index contributed by atoms with van der Waals surface area (Å²) in [5, 5.41) is -0.864. The van der Waals surface area contributed by atoms with E-state index >= 15 is 0 Å². The second kappa shape index (κ2) is 4.63. The molecule has 104 valence electrons. The van der Waals surface area contributed by atoms with Crippen LogP contribution in [-0.4, -0.2) is 15.7 Å². The molecule has 0 N–H and O–H groups in total. The van der Waals surface area contributed by atoms with Crippen molar-refractivity contribution in [3.63, 3.8) is 0 Å². The Labute approximate surface area is 109 Å². The van der Waals surface area contributed by atoms with Crippen LogP contribution < -0.4 is 0 Å². The van der Waals surface area contributed by atoms with Gasteiger partial charge in [-0.2, -0.15) is 13.2 Å². The van der Waals surface area contributed by atoms with Crippen molar-refractivity contribution in [3.8, 4) is 0 Å². The van der Waals surface area contributed by atoms with E-state index < -0.39 is 35.2 Å². The van der Waals surface area contributed by atoms with Gasteiger partial charge in [0.25, 0.3) is 0 Å². The zero-order valence-electron chi connectivity index (χ0n) is 9.60. The van der Waals surface area contributed by atoms with Gasteiger partial charge >= 0.3 is 6.18 Å². The minimum Gasteiger partial charge on any atom is -0.315 e. The molecule has 1 atom stereocenters. The van der Waals surface area contributed by atoms with Gasteiger partial charge < -0.3 is 4.57 Å². The lowest BCUT2D eigenvalue weighted by molar-refractivity contribution is -0.140. The number of alkyl halides is 4. The Kier molecular flexibility index (Phi) is 3.42. The molecule has 0 amide bonds. The summed E-state index contributed by atoms with van der Waals surface area (Å²) in [4.78, 5) is 3.82. The van der Waals surface area contributed by atoms with Crippen LogP contribution in [0.4, 0.5) is 22.0 Å². The Morgan fingerprint density at radius 2 is 1.95 bits per heavy atom. The predicted octanol–water partition coefficient (Wildman–Crippen LogP) is 4.18. The van der Waals surface area contributed by atoms with Gasteiger partial charge in [-0.25, -0.2) is 13.8 Å². The number of aromatic nitrogens is 2. The molecule has 0 radical (unpaired) electrons. The van der Waals surface area contributed by atoms with Crippen molar-refractivity contribution >= 4 is 22.6 Å².